The number of amides is 2. The molecule has 7 heteroatoms. The highest BCUT2D eigenvalue weighted by Gasteiger charge is 2.47. The van der Waals surface area contributed by atoms with Crippen molar-refractivity contribution in [2.45, 2.75) is 58.6 Å². The molecule has 2 unspecified atom stereocenters. The predicted octanol–water partition coefficient (Wildman–Crippen LogP) is 4.17. The van der Waals surface area contributed by atoms with Gasteiger partial charge < -0.3 is 15.0 Å². The first-order valence-corrected chi connectivity index (χ1v) is 10.3. The van der Waals surface area contributed by atoms with Gasteiger partial charge in [0, 0.05) is 16.6 Å². The summed E-state index contributed by atoms with van der Waals surface area (Å²) in [6, 6.07) is 7.00. The smallest absolute Gasteiger partial charge is 0.410 e. The summed E-state index contributed by atoms with van der Waals surface area (Å²) in [5.41, 5.74) is -0.699. The van der Waals surface area contributed by atoms with E-state index in [0.29, 0.717) is 18.5 Å². The van der Waals surface area contributed by atoms with Crippen LogP contribution in [0.3, 0.4) is 0 Å². The van der Waals surface area contributed by atoms with Crippen LogP contribution in [0.15, 0.2) is 28.7 Å². The molecule has 1 aromatic carbocycles. The minimum atomic E-state index is -0.646. The summed E-state index contributed by atoms with van der Waals surface area (Å²) in [5, 5.41) is 2.73. The van der Waals surface area contributed by atoms with E-state index in [4.69, 9.17) is 4.74 Å². The number of likely N-dealkylation sites (tertiary alicyclic amines) is 1. The normalized spacial score (nSPS) is 20.6. The number of nitrogens with zero attached hydrogens (tertiary/aromatic N) is 1. The number of carbonyl (C=O) groups is 3. The maximum absolute atomic E-state index is 12.7. The number of halogens is 1. The van der Waals surface area contributed by atoms with Crippen molar-refractivity contribution in [3.8, 4) is 0 Å². The molecular weight excluding hydrogens is 424 g/mol. The Labute approximate surface area is 175 Å². The van der Waals surface area contributed by atoms with Gasteiger partial charge >= 0.3 is 6.09 Å². The Kier molecular flexibility index (Phi) is 6.91. The van der Waals surface area contributed by atoms with Crippen LogP contribution in [0.2, 0.25) is 0 Å². The molecule has 28 heavy (non-hydrogen) atoms. The highest BCUT2D eigenvalue weighted by Crippen LogP contribution is 2.37. The number of Topliss-reactive ketones (excluding diaryl/α,β-unsaturated/α-hetero) is 1. The lowest BCUT2D eigenvalue weighted by atomic mass is 9.84. The number of hydrogen-bond acceptors (Lipinski definition) is 4. The minimum Gasteiger partial charge on any atom is -0.444 e. The molecule has 1 aliphatic rings. The van der Waals surface area contributed by atoms with Crippen molar-refractivity contribution in [3.05, 3.63) is 34.3 Å². The average molecular weight is 453 g/mol. The highest BCUT2D eigenvalue weighted by molar-refractivity contribution is 9.10. The summed E-state index contributed by atoms with van der Waals surface area (Å²) in [7, 11) is 0. The zero-order chi connectivity index (χ0) is 21.1. The predicted molar refractivity (Wildman–Crippen MR) is 111 cm³/mol. The van der Waals surface area contributed by atoms with Crippen LogP contribution in [0.4, 0.5) is 4.79 Å². The van der Waals surface area contributed by atoms with Gasteiger partial charge in [0.1, 0.15) is 5.60 Å². The molecule has 0 spiro atoms. The van der Waals surface area contributed by atoms with E-state index >= 15 is 0 Å². The van der Waals surface area contributed by atoms with Crippen molar-refractivity contribution in [1.82, 2.24) is 10.2 Å². The van der Waals surface area contributed by atoms with E-state index in [-0.39, 0.29) is 18.2 Å². The number of nitrogens with one attached hydrogen (secondary N) is 1. The second kappa shape index (κ2) is 8.64. The third kappa shape index (κ3) is 5.34. The average Bonchev–Trinajstić information content (AvgIpc) is 3.01. The molecule has 1 aliphatic heterocycles. The standard InChI is InChI=1S/C21H29BrN2O4/c1-14(18(26)23-13-17(25)15-7-9-16(22)10-8-15)21(5)11-6-12-24(21)19(27)28-20(2,3)4/h7-10,14H,6,11-13H2,1-5H3,(H,23,26). The van der Waals surface area contributed by atoms with E-state index in [1.54, 1.807) is 36.1 Å². The molecule has 154 valence electrons. The summed E-state index contributed by atoms with van der Waals surface area (Å²) in [4.78, 5) is 39.3. The summed E-state index contributed by atoms with van der Waals surface area (Å²) in [5.74, 6) is -0.878. The SMILES string of the molecule is CC(C(=O)NCC(=O)c1ccc(Br)cc1)C1(C)CCCN1C(=O)OC(C)(C)C. The lowest BCUT2D eigenvalue weighted by Crippen LogP contribution is -2.55. The van der Waals surface area contributed by atoms with E-state index in [9.17, 15) is 14.4 Å². The fourth-order valence-electron chi connectivity index (χ4n) is 3.39. The molecule has 1 aromatic rings. The van der Waals surface area contributed by atoms with E-state index in [1.165, 1.54) is 0 Å². The number of ether oxygens (including phenoxy) is 1. The number of ketones is 1. The second-order valence-corrected chi connectivity index (χ2v) is 9.38. The minimum absolute atomic E-state index is 0.0761. The molecule has 1 heterocycles. The van der Waals surface area contributed by atoms with Crippen molar-refractivity contribution in [2.24, 2.45) is 5.92 Å². The molecule has 2 rings (SSSR count). The van der Waals surface area contributed by atoms with E-state index in [0.717, 1.165) is 10.9 Å². The third-order valence-corrected chi connectivity index (χ3v) is 5.74. The molecule has 0 aliphatic carbocycles. The third-order valence-electron chi connectivity index (χ3n) is 5.21. The molecule has 0 aromatic heterocycles. The van der Waals surface area contributed by atoms with Crippen LogP contribution in [-0.2, 0) is 9.53 Å². The number of carbonyl (C=O) groups excluding carboxylic acids is 3. The lowest BCUT2D eigenvalue weighted by Gasteiger charge is -2.39. The molecular formula is C21H29BrN2O4. The van der Waals surface area contributed by atoms with Gasteiger partial charge in [0.25, 0.3) is 0 Å². The van der Waals surface area contributed by atoms with Crippen molar-refractivity contribution in [1.29, 1.82) is 0 Å². The largest absolute Gasteiger partial charge is 0.444 e. The van der Waals surface area contributed by atoms with Crippen LogP contribution in [0.25, 0.3) is 0 Å². The van der Waals surface area contributed by atoms with Gasteiger partial charge in [-0.2, -0.15) is 0 Å². The monoisotopic (exact) mass is 452 g/mol. The van der Waals surface area contributed by atoms with Gasteiger partial charge in [-0.05, 0) is 52.7 Å². The van der Waals surface area contributed by atoms with Crippen molar-refractivity contribution in [2.75, 3.05) is 13.1 Å². The first-order chi connectivity index (χ1) is 12.9. The van der Waals surface area contributed by atoms with Crippen molar-refractivity contribution >= 4 is 33.7 Å². The molecule has 2 atom stereocenters. The van der Waals surface area contributed by atoms with Crippen LogP contribution in [0, 0.1) is 5.92 Å². The fraction of sp³-hybridized carbons (Fsp3) is 0.571. The Hall–Kier alpha value is -1.89. The Morgan fingerprint density at radius 1 is 1.25 bits per heavy atom. The summed E-state index contributed by atoms with van der Waals surface area (Å²) in [6.07, 6.45) is 1.12. The lowest BCUT2D eigenvalue weighted by molar-refractivity contribution is -0.128. The molecule has 0 radical (unpaired) electrons. The number of hydrogen-bond donors (Lipinski definition) is 1. The van der Waals surface area contributed by atoms with Crippen molar-refractivity contribution in [3.63, 3.8) is 0 Å². The Balaban J connectivity index is 2.01. The van der Waals surface area contributed by atoms with Gasteiger partial charge in [0.2, 0.25) is 5.91 Å². The van der Waals surface area contributed by atoms with Crippen LogP contribution in [0.1, 0.15) is 57.8 Å². The van der Waals surface area contributed by atoms with Gasteiger partial charge in [-0.1, -0.05) is 35.0 Å². The van der Waals surface area contributed by atoms with Gasteiger partial charge in [-0.25, -0.2) is 4.79 Å². The first-order valence-electron chi connectivity index (χ1n) is 9.51. The van der Waals surface area contributed by atoms with Crippen LogP contribution < -0.4 is 5.32 Å². The maximum atomic E-state index is 12.7. The Morgan fingerprint density at radius 2 is 1.86 bits per heavy atom. The fourth-order valence-corrected chi connectivity index (χ4v) is 3.66. The van der Waals surface area contributed by atoms with Gasteiger partial charge in [-0.3, -0.25) is 9.59 Å². The maximum Gasteiger partial charge on any atom is 0.410 e. The van der Waals surface area contributed by atoms with Crippen LogP contribution in [-0.4, -0.2) is 46.9 Å². The molecule has 6 nitrogen and oxygen atoms in total. The molecule has 1 saturated heterocycles. The molecule has 1 fully saturated rings. The van der Waals surface area contributed by atoms with Gasteiger partial charge in [-0.15, -0.1) is 0 Å². The topological polar surface area (TPSA) is 75.7 Å². The molecule has 0 saturated carbocycles. The summed E-state index contributed by atoms with van der Waals surface area (Å²) >= 11 is 3.33. The first kappa shape index (κ1) is 22.4. The second-order valence-electron chi connectivity index (χ2n) is 8.46. The number of rotatable bonds is 5. The van der Waals surface area contributed by atoms with Gasteiger partial charge in [0.05, 0.1) is 18.0 Å². The Bertz CT molecular complexity index is 742. The highest BCUT2D eigenvalue weighted by atomic mass is 79.9. The van der Waals surface area contributed by atoms with Crippen LogP contribution >= 0.6 is 15.9 Å². The van der Waals surface area contributed by atoms with Crippen LogP contribution in [0.5, 0.6) is 0 Å². The molecule has 2 amide bonds. The molecule has 0 bridgehead atoms. The quantitative estimate of drug-likeness (QED) is 0.679. The molecule has 1 N–H and O–H groups in total. The van der Waals surface area contributed by atoms with Crippen molar-refractivity contribution < 1.29 is 19.1 Å². The Morgan fingerprint density at radius 3 is 2.43 bits per heavy atom. The van der Waals surface area contributed by atoms with E-state index < -0.39 is 23.2 Å². The van der Waals surface area contributed by atoms with Gasteiger partial charge in [0.15, 0.2) is 5.78 Å². The number of benzene rings is 1. The zero-order valence-electron chi connectivity index (χ0n) is 17.2. The van der Waals surface area contributed by atoms with E-state index in [2.05, 4.69) is 21.2 Å². The zero-order valence-corrected chi connectivity index (χ0v) is 18.8. The summed E-state index contributed by atoms with van der Waals surface area (Å²) < 4.78 is 6.40. The van der Waals surface area contributed by atoms with E-state index in [1.807, 2.05) is 27.7 Å². The summed E-state index contributed by atoms with van der Waals surface area (Å²) in [6.45, 7) is 9.65.